The number of carbonyl (C=O) groups excluding carboxylic acids is 1. The summed E-state index contributed by atoms with van der Waals surface area (Å²) in [4.78, 5) is 15.9. The fourth-order valence-corrected chi connectivity index (χ4v) is 1.61. The van der Waals surface area contributed by atoms with Gasteiger partial charge in [0.05, 0.1) is 5.56 Å². The van der Waals surface area contributed by atoms with Crippen molar-refractivity contribution in [2.75, 3.05) is 11.1 Å². The molecule has 0 spiro atoms. The first kappa shape index (κ1) is 12.5. The molecule has 0 bridgehead atoms. The maximum Gasteiger partial charge on any atom is 0.258 e. The molecule has 0 fully saturated rings. The van der Waals surface area contributed by atoms with Crippen molar-refractivity contribution in [2.45, 2.75) is 0 Å². The molecule has 0 aliphatic rings. The van der Waals surface area contributed by atoms with E-state index in [1.807, 2.05) is 0 Å². The molecule has 0 atom stereocenters. The summed E-state index contributed by atoms with van der Waals surface area (Å²) >= 11 is 3.24. The topological polar surface area (TPSA) is 68.0 Å². The van der Waals surface area contributed by atoms with E-state index >= 15 is 0 Å². The molecule has 2 aromatic rings. The van der Waals surface area contributed by atoms with Gasteiger partial charge in [0.1, 0.15) is 11.6 Å². The molecular formula is C12H9BrFN3O. The lowest BCUT2D eigenvalue weighted by atomic mass is 10.1. The predicted molar refractivity (Wildman–Crippen MR) is 70.7 cm³/mol. The molecule has 1 heterocycles. The smallest absolute Gasteiger partial charge is 0.258 e. The number of nitrogens with one attached hydrogen (secondary N) is 1. The number of nitrogens with zero attached hydrogens (tertiary/aromatic N) is 1. The Hall–Kier alpha value is -1.95. The monoisotopic (exact) mass is 309 g/mol. The number of rotatable bonds is 2. The van der Waals surface area contributed by atoms with Gasteiger partial charge in [0.2, 0.25) is 0 Å². The number of amides is 1. The van der Waals surface area contributed by atoms with Crippen molar-refractivity contribution < 1.29 is 9.18 Å². The molecule has 18 heavy (non-hydrogen) atoms. The van der Waals surface area contributed by atoms with Gasteiger partial charge in [0.15, 0.2) is 0 Å². The zero-order valence-corrected chi connectivity index (χ0v) is 10.7. The van der Waals surface area contributed by atoms with Crippen molar-refractivity contribution in [1.29, 1.82) is 0 Å². The Morgan fingerprint density at radius 2 is 2.11 bits per heavy atom. The van der Waals surface area contributed by atoms with Gasteiger partial charge in [-0.1, -0.05) is 0 Å². The number of aromatic nitrogens is 1. The molecule has 2 rings (SSSR count). The fourth-order valence-electron chi connectivity index (χ4n) is 1.37. The molecule has 3 N–H and O–H groups in total. The van der Waals surface area contributed by atoms with Crippen LogP contribution in [0.1, 0.15) is 10.4 Å². The summed E-state index contributed by atoms with van der Waals surface area (Å²) in [6, 6.07) is 7.00. The molecule has 0 unspecified atom stereocenters. The number of halogens is 2. The first-order valence-electron chi connectivity index (χ1n) is 5.04. The quantitative estimate of drug-likeness (QED) is 0.838. The molecule has 1 aromatic carbocycles. The van der Waals surface area contributed by atoms with Crippen LogP contribution < -0.4 is 11.1 Å². The van der Waals surface area contributed by atoms with Crippen LogP contribution in [0.5, 0.6) is 0 Å². The van der Waals surface area contributed by atoms with E-state index in [0.717, 1.165) is 10.5 Å². The summed E-state index contributed by atoms with van der Waals surface area (Å²) < 4.78 is 13.7. The standard InChI is InChI=1S/C12H9BrFN3O/c13-7-1-4-11(16-6-7)17-12(18)9-3-2-8(14)5-10(9)15/h1-6H,15H2,(H,16,17,18). The highest BCUT2D eigenvalue weighted by Crippen LogP contribution is 2.16. The van der Waals surface area contributed by atoms with E-state index in [2.05, 4.69) is 26.2 Å². The molecular weight excluding hydrogens is 301 g/mol. The molecule has 4 nitrogen and oxygen atoms in total. The number of carbonyl (C=O) groups is 1. The highest BCUT2D eigenvalue weighted by molar-refractivity contribution is 9.10. The average molecular weight is 310 g/mol. The fraction of sp³-hybridized carbons (Fsp3) is 0. The van der Waals surface area contributed by atoms with Gasteiger partial charge in [-0.15, -0.1) is 0 Å². The Balaban J connectivity index is 2.19. The average Bonchev–Trinajstić information content (AvgIpc) is 2.32. The lowest BCUT2D eigenvalue weighted by Gasteiger charge is -2.06. The van der Waals surface area contributed by atoms with Crippen molar-refractivity contribution in [3.8, 4) is 0 Å². The lowest BCUT2D eigenvalue weighted by molar-refractivity contribution is 0.102. The minimum atomic E-state index is -0.481. The number of pyridine rings is 1. The molecule has 0 aliphatic heterocycles. The van der Waals surface area contributed by atoms with Crippen LogP contribution in [0.15, 0.2) is 41.0 Å². The molecule has 0 aliphatic carbocycles. The summed E-state index contributed by atoms with van der Waals surface area (Å²) in [6.45, 7) is 0. The van der Waals surface area contributed by atoms with Gasteiger partial charge in [0.25, 0.3) is 5.91 Å². The second-order valence-electron chi connectivity index (χ2n) is 3.55. The zero-order valence-electron chi connectivity index (χ0n) is 9.15. The minimum Gasteiger partial charge on any atom is -0.398 e. The number of anilines is 2. The Morgan fingerprint density at radius 1 is 1.33 bits per heavy atom. The Kier molecular flexibility index (Phi) is 3.57. The highest BCUT2D eigenvalue weighted by Gasteiger charge is 2.11. The van der Waals surface area contributed by atoms with Crippen LogP contribution in [0, 0.1) is 5.82 Å². The first-order valence-corrected chi connectivity index (χ1v) is 5.83. The van der Waals surface area contributed by atoms with Crippen LogP contribution in [0.25, 0.3) is 0 Å². The summed E-state index contributed by atoms with van der Waals surface area (Å²) in [5.74, 6) is -0.514. The van der Waals surface area contributed by atoms with E-state index in [1.54, 1.807) is 18.3 Å². The molecule has 6 heteroatoms. The van der Waals surface area contributed by atoms with E-state index in [4.69, 9.17) is 5.73 Å². The van der Waals surface area contributed by atoms with E-state index in [1.165, 1.54) is 12.1 Å². The maximum absolute atomic E-state index is 12.9. The molecule has 92 valence electrons. The summed E-state index contributed by atoms with van der Waals surface area (Å²) in [5, 5.41) is 2.57. The van der Waals surface area contributed by atoms with Crippen LogP contribution in [0.4, 0.5) is 15.9 Å². The number of nitrogen functional groups attached to an aromatic ring is 1. The van der Waals surface area contributed by atoms with Gasteiger partial charge in [0, 0.05) is 16.4 Å². The maximum atomic E-state index is 12.9. The largest absolute Gasteiger partial charge is 0.398 e. The van der Waals surface area contributed by atoms with Crippen molar-refractivity contribution >= 4 is 33.3 Å². The second-order valence-corrected chi connectivity index (χ2v) is 4.46. The van der Waals surface area contributed by atoms with Crippen LogP contribution in [0.2, 0.25) is 0 Å². The summed E-state index contributed by atoms with van der Waals surface area (Å²) in [5.41, 5.74) is 5.87. The third kappa shape index (κ3) is 2.84. The number of nitrogens with two attached hydrogens (primary N) is 1. The van der Waals surface area contributed by atoms with Crippen LogP contribution >= 0.6 is 15.9 Å². The van der Waals surface area contributed by atoms with Crippen molar-refractivity contribution in [2.24, 2.45) is 0 Å². The number of benzene rings is 1. The molecule has 1 aromatic heterocycles. The highest BCUT2D eigenvalue weighted by atomic mass is 79.9. The van der Waals surface area contributed by atoms with Crippen LogP contribution in [0.3, 0.4) is 0 Å². The van der Waals surface area contributed by atoms with Gasteiger partial charge >= 0.3 is 0 Å². The van der Waals surface area contributed by atoms with Crippen LogP contribution in [-0.2, 0) is 0 Å². The summed E-state index contributed by atoms with van der Waals surface area (Å²) in [6.07, 6.45) is 1.56. The van der Waals surface area contributed by atoms with Crippen LogP contribution in [-0.4, -0.2) is 10.9 Å². The van der Waals surface area contributed by atoms with Gasteiger partial charge in [-0.3, -0.25) is 4.79 Å². The Labute approximate surface area is 111 Å². The van der Waals surface area contributed by atoms with Gasteiger partial charge < -0.3 is 11.1 Å². The normalized spacial score (nSPS) is 10.1. The second kappa shape index (κ2) is 5.14. The van der Waals surface area contributed by atoms with E-state index < -0.39 is 11.7 Å². The third-order valence-electron chi connectivity index (χ3n) is 2.23. The minimum absolute atomic E-state index is 0.0876. The third-order valence-corrected chi connectivity index (χ3v) is 2.70. The summed E-state index contributed by atoms with van der Waals surface area (Å²) in [7, 11) is 0. The van der Waals surface area contributed by atoms with Crippen molar-refractivity contribution in [1.82, 2.24) is 4.98 Å². The van der Waals surface area contributed by atoms with Gasteiger partial charge in [-0.25, -0.2) is 9.37 Å². The van der Waals surface area contributed by atoms with Crippen molar-refractivity contribution in [3.63, 3.8) is 0 Å². The number of hydrogen-bond acceptors (Lipinski definition) is 3. The molecule has 0 radical (unpaired) electrons. The van der Waals surface area contributed by atoms with Crippen molar-refractivity contribution in [3.05, 3.63) is 52.4 Å². The Bertz CT molecular complexity index is 586. The van der Waals surface area contributed by atoms with E-state index in [-0.39, 0.29) is 11.3 Å². The van der Waals surface area contributed by atoms with Gasteiger partial charge in [-0.05, 0) is 46.3 Å². The SMILES string of the molecule is Nc1cc(F)ccc1C(=O)Nc1ccc(Br)cn1. The molecule has 0 saturated heterocycles. The van der Waals surface area contributed by atoms with E-state index in [0.29, 0.717) is 5.82 Å². The zero-order chi connectivity index (χ0) is 13.1. The van der Waals surface area contributed by atoms with Gasteiger partial charge in [-0.2, -0.15) is 0 Å². The Morgan fingerprint density at radius 3 is 2.72 bits per heavy atom. The molecule has 0 saturated carbocycles. The number of hydrogen-bond donors (Lipinski definition) is 2. The van der Waals surface area contributed by atoms with E-state index in [9.17, 15) is 9.18 Å². The first-order chi connectivity index (χ1) is 8.56. The predicted octanol–water partition coefficient (Wildman–Crippen LogP) is 2.82. The molecule has 1 amide bonds. The lowest BCUT2D eigenvalue weighted by Crippen LogP contribution is -2.14.